The fourth-order valence-electron chi connectivity index (χ4n) is 2.85. The molecule has 0 radical (unpaired) electrons. The van der Waals surface area contributed by atoms with Gasteiger partial charge in [0, 0.05) is 18.0 Å². The molecule has 0 aliphatic carbocycles. The number of fused-ring (bicyclic) bond motifs is 2. The third-order valence-corrected chi connectivity index (χ3v) is 3.85. The monoisotopic (exact) mass is 293 g/mol. The van der Waals surface area contributed by atoms with Crippen molar-refractivity contribution in [2.45, 2.75) is 12.8 Å². The molecule has 4 rings (SSSR count). The molecule has 22 heavy (non-hydrogen) atoms. The second kappa shape index (κ2) is 4.84. The van der Waals surface area contributed by atoms with Crippen molar-refractivity contribution in [3.05, 3.63) is 36.0 Å². The fraction of sp³-hybridized carbons (Fsp3) is 0.188. The van der Waals surface area contributed by atoms with E-state index < -0.39 is 0 Å². The van der Waals surface area contributed by atoms with Gasteiger partial charge in [-0.15, -0.1) is 5.10 Å². The number of aryl methyl sites for hydroxylation is 1. The van der Waals surface area contributed by atoms with Crippen molar-refractivity contribution in [3.63, 3.8) is 0 Å². The molecule has 2 N–H and O–H groups in total. The lowest BCUT2D eigenvalue weighted by atomic mass is 9.99. The standard InChI is InChI=1S/C16H15N5O/c1-22-15-14-12(6-8-21(14)20-16(17)19-15)10-4-5-13-11(9-10)3-2-7-18-13/h4-9H,2-3H2,1H3,(H2,17,20). The summed E-state index contributed by atoms with van der Waals surface area (Å²) in [6, 6.07) is 8.29. The molecule has 0 bridgehead atoms. The normalized spacial score (nSPS) is 13.3. The molecule has 0 saturated heterocycles. The van der Waals surface area contributed by atoms with Gasteiger partial charge in [-0.2, -0.15) is 4.98 Å². The average molecular weight is 293 g/mol. The van der Waals surface area contributed by atoms with Crippen molar-refractivity contribution in [1.29, 1.82) is 0 Å². The molecule has 1 aromatic carbocycles. The Labute approximate surface area is 127 Å². The SMILES string of the molecule is COc1nc(N)nn2ccc(-c3ccc4c(c3)CCC=N4)c12. The molecule has 0 saturated carbocycles. The number of aromatic nitrogens is 3. The largest absolute Gasteiger partial charge is 0.479 e. The van der Waals surface area contributed by atoms with Gasteiger partial charge in [-0.3, -0.25) is 4.99 Å². The summed E-state index contributed by atoms with van der Waals surface area (Å²) in [5.41, 5.74) is 10.9. The molecule has 0 atom stereocenters. The van der Waals surface area contributed by atoms with Crippen molar-refractivity contribution in [3.8, 4) is 17.0 Å². The number of rotatable bonds is 2. The first-order valence-electron chi connectivity index (χ1n) is 7.11. The van der Waals surface area contributed by atoms with Gasteiger partial charge in [0.25, 0.3) is 0 Å². The number of methoxy groups -OCH3 is 1. The van der Waals surface area contributed by atoms with Crippen LogP contribution < -0.4 is 10.5 Å². The Hall–Kier alpha value is -2.89. The van der Waals surface area contributed by atoms with Gasteiger partial charge in [0.2, 0.25) is 11.8 Å². The van der Waals surface area contributed by atoms with E-state index in [1.165, 1.54) is 5.56 Å². The zero-order valence-corrected chi connectivity index (χ0v) is 12.2. The number of aliphatic imine (C=N–C) groups is 1. The minimum atomic E-state index is 0.186. The molecular weight excluding hydrogens is 278 g/mol. The van der Waals surface area contributed by atoms with Crippen LogP contribution >= 0.6 is 0 Å². The van der Waals surface area contributed by atoms with Crippen molar-refractivity contribution < 1.29 is 4.74 Å². The third-order valence-electron chi connectivity index (χ3n) is 3.85. The molecule has 3 aromatic rings. The van der Waals surface area contributed by atoms with Crippen LogP contribution in [0.3, 0.4) is 0 Å². The van der Waals surface area contributed by atoms with E-state index in [4.69, 9.17) is 10.5 Å². The first-order valence-corrected chi connectivity index (χ1v) is 7.11. The van der Waals surface area contributed by atoms with Crippen molar-refractivity contribution >= 4 is 23.4 Å². The molecule has 2 aromatic heterocycles. The lowest BCUT2D eigenvalue weighted by Gasteiger charge is -2.11. The Kier molecular flexibility index (Phi) is 2.82. The minimum Gasteiger partial charge on any atom is -0.479 e. The number of hydrogen-bond acceptors (Lipinski definition) is 5. The Morgan fingerprint density at radius 1 is 1.27 bits per heavy atom. The van der Waals surface area contributed by atoms with Gasteiger partial charge in [-0.05, 0) is 42.2 Å². The molecule has 1 aliphatic rings. The second-order valence-corrected chi connectivity index (χ2v) is 5.20. The number of nitrogens with zero attached hydrogens (tertiary/aromatic N) is 4. The molecule has 3 heterocycles. The van der Waals surface area contributed by atoms with Crippen LogP contribution in [-0.2, 0) is 6.42 Å². The summed E-state index contributed by atoms with van der Waals surface area (Å²) in [6.45, 7) is 0. The molecule has 6 nitrogen and oxygen atoms in total. The zero-order chi connectivity index (χ0) is 15.1. The van der Waals surface area contributed by atoms with Crippen LogP contribution in [0.4, 0.5) is 11.6 Å². The van der Waals surface area contributed by atoms with Crippen LogP contribution in [-0.4, -0.2) is 27.9 Å². The van der Waals surface area contributed by atoms with E-state index in [0.29, 0.717) is 5.88 Å². The summed E-state index contributed by atoms with van der Waals surface area (Å²) in [7, 11) is 1.58. The van der Waals surface area contributed by atoms with E-state index in [-0.39, 0.29) is 5.95 Å². The van der Waals surface area contributed by atoms with Gasteiger partial charge in [-0.1, -0.05) is 6.07 Å². The molecule has 6 heteroatoms. The van der Waals surface area contributed by atoms with E-state index in [9.17, 15) is 0 Å². The number of benzene rings is 1. The van der Waals surface area contributed by atoms with Crippen molar-refractivity contribution in [2.24, 2.45) is 4.99 Å². The van der Waals surface area contributed by atoms with Crippen LogP contribution in [0.25, 0.3) is 16.6 Å². The molecule has 110 valence electrons. The summed E-state index contributed by atoms with van der Waals surface area (Å²) < 4.78 is 7.07. The number of nitrogens with two attached hydrogens (primary N) is 1. The summed E-state index contributed by atoms with van der Waals surface area (Å²) in [5.74, 6) is 0.662. The fourth-order valence-corrected chi connectivity index (χ4v) is 2.85. The van der Waals surface area contributed by atoms with Crippen LogP contribution in [0.2, 0.25) is 0 Å². The number of nitrogen functional groups attached to an aromatic ring is 1. The minimum absolute atomic E-state index is 0.186. The highest BCUT2D eigenvalue weighted by molar-refractivity contribution is 5.86. The van der Waals surface area contributed by atoms with E-state index >= 15 is 0 Å². The van der Waals surface area contributed by atoms with E-state index in [1.807, 2.05) is 18.5 Å². The maximum Gasteiger partial charge on any atom is 0.243 e. The highest BCUT2D eigenvalue weighted by atomic mass is 16.5. The Bertz CT molecular complexity index is 897. The van der Waals surface area contributed by atoms with Gasteiger partial charge in [0.15, 0.2) is 0 Å². The quantitative estimate of drug-likeness (QED) is 0.788. The first kappa shape index (κ1) is 12.8. The molecule has 0 amide bonds. The topological polar surface area (TPSA) is 77.8 Å². The second-order valence-electron chi connectivity index (χ2n) is 5.20. The predicted molar refractivity (Wildman–Crippen MR) is 85.9 cm³/mol. The third kappa shape index (κ3) is 1.92. The van der Waals surface area contributed by atoms with Crippen molar-refractivity contribution in [1.82, 2.24) is 14.6 Å². The van der Waals surface area contributed by atoms with Gasteiger partial charge < -0.3 is 10.5 Å². The highest BCUT2D eigenvalue weighted by Gasteiger charge is 2.15. The number of hydrogen-bond donors (Lipinski definition) is 1. The smallest absolute Gasteiger partial charge is 0.243 e. The lowest BCUT2D eigenvalue weighted by Crippen LogP contribution is -2.03. The molecule has 0 fully saturated rings. The van der Waals surface area contributed by atoms with E-state index in [2.05, 4.69) is 33.3 Å². The lowest BCUT2D eigenvalue weighted by molar-refractivity contribution is 0.400. The van der Waals surface area contributed by atoms with Crippen molar-refractivity contribution in [2.75, 3.05) is 12.8 Å². The summed E-state index contributed by atoms with van der Waals surface area (Å²) in [4.78, 5) is 8.59. The maximum absolute atomic E-state index is 5.70. The van der Waals surface area contributed by atoms with E-state index in [1.54, 1.807) is 11.6 Å². The van der Waals surface area contributed by atoms with Gasteiger partial charge in [-0.25, -0.2) is 4.52 Å². The molecule has 0 spiro atoms. The maximum atomic E-state index is 5.70. The number of anilines is 1. The number of ether oxygens (including phenoxy) is 1. The summed E-state index contributed by atoms with van der Waals surface area (Å²) in [5, 5.41) is 4.20. The Morgan fingerprint density at radius 2 is 2.18 bits per heavy atom. The van der Waals surface area contributed by atoms with E-state index in [0.717, 1.165) is 35.2 Å². The molecule has 1 aliphatic heterocycles. The Balaban J connectivity index is 1.93. The molecule has 0 unspecified atom stereocenters. The van der Waals surface area contributed by atoms with Gasteiger partial charge in [0.1, 0.15) is 5.52 Å². The van der Waals surface area contributed by atoms with Crippen LogP contribution in [0.15, 0.2) is 35.5 Å². The van der Waals surface area contributed by atoms with Gasteiger partial charge in [0.05, 0.1) is 12.8 Å². The zero-order valence-electron chi connectivity index (χ0n) is 12.2. The van der Waals surface area contributed by atoms with Crippen LogP contribution in [0.1, 0.15) is 12.0 Å². The summed E-state index contributed by atoms with van der Waals surface area (Å²) in [6.07, 6.45) is 5.83. The summed E-state index contributed by atoms with van der Waals surface area (Å²) >= 11 is 0. The van der Waals surface area contributed by atoms with Crippen LogP contribution in [0.5, 0.6) is 5.88 Å². The van der Waals surface area contributed by atoms with Gasteiger partial charge >= 0.3 is 0 Å². The highest BCUT2D eigenvalue weighted by Crippen LogP contribution is 2.34. The van der Waals surface area contributed by atoms with Crippen LogP contribution in [0, 0.1) is 0 Å². The average Bonchev–Trinajstić information content (AvgIpc) is 2.97. The predicted octanol–water partition coefficient (Wildman–Crippen LogP) is 2.64. The molecular formula is C16H15N5O. The first-order chi connectivity index (χ1) is 10.8. The Morgan fingerprint density at radius 3 is 3.05 bits per heavy atom.